The van der Waals surface area contributed by atoms with Crippen LogP contribution < -0.4 is 0 Å². The van der Waals surface area contributed by atoms with Crippen molar-refractivity contribution in [2.75, 3.05) is 0 Å². The van der Waals surface area contributed by atoms with Crippen LogP contribution in [0.1, 0.15) is 17.5 Å². The molecule has 0 fully saturated rings. The van der Waals surface area contributed by atoms with Gasteiger partial charge >= 0.3 is 0 Å². The van der Waals surface area contributed by atoms with Crippen molar-refractivity contribution in [1.82, 2.24) is 4.98 Å². The van der Waals surface area contributed by atoms with E-state index in [0.717, 1.165) is 22.6 Å². The minimum Gasteiger partial charge on any atom is -0.507 e. The third-order valence-corrected chi connectivity index (χ3v) is 4.23. The van der Waals surface area contributed by atoms with Crippen molar-refractivity contribution in [3.63, 3.8) is 0 Å². The molecule has 0 bridgehead atoms. The van der Waals surface area contributed by atoms with Crippen molar-refractivity contribution >= 4 is 34.4 Å². The van der Waals surface area contributed by atoms with Gasteiger partial charge in [-0.15, -0.1) is 0 Å². The van der Waals surface area contributed by atoms with E-state index in [4.69, 9.17) is 21.6 Å². The average Bonchev–Trinajstić information content (AvgIpc) is 2.84. The second-order valence-electron chi connectivity index (χ2n) is 5.69. The van der Waals surface area contributed by atoms with E-state index in [2.05, 4.69) is 4.98 Å². The molecule has 0 aliphatic carbocycles. The van der Waals surface area contributed by atoms with Crippen molar-refractivity contribution in [2.24, 2.45) is 9.98 Å². The summed E-state index contributed by atoms with van der Waals surface area (Å²) in [4.78, 5) is 13.7. The lowest BCUT2D eigenvalue weighted by Crippen LogP contribution is -2.10. The van der Waals surface area contributed by atoms with Gasteiger partial charge in [0.15, 0.2) is 0 Å². The maximum atomic E-state index is 10.3. The third kappa shape index (κ3) is 3.16. The quantitative estimate of drug-likeness (QED) is 0.702. The van der Waals surface area contributed by atoms with Crippen LogP contribution in [0.2, 0.25) is 5.02 Å². The van der Waals surface area contributed by atoms with Crippen LogP contribution in [-0.4, -0.2) is 21.5 Å². The highest BCUT2D eigenvalue weighted by Crippen LogP contribution is 2.34. The minimum absolute atomic E-state index is 0.146. The summed E-state index contributed by atoms with van der Waals surface area (Å²) in [5, 5.41) is 10.8. The molecule has 1 aliphatic rings. The van der Waals surface area contributed by atoms with E-state index in [-0.39, 0.29) is 5.75 Å². The lowest BCUT2D eigenvalue weighted by Gasteiger charge is -2.09. The number of benzene rings is 2. The number of nitrogens with zero attached hydrogens (tertiary/aromatic N) is 3. The Labute approximate surface area is 150 Å². The third-order valence-electron chi connectivity index (χ3n) is 3.99. The summed E-state index contributed by atoms with van der Waals surface area (Å²) in [5.74, 6) is 0.146. The summed E-state index contributed by atoms with van der Waals surface area (Å²) in [6, 6.07) is 16.5. The Bertz CT molecular complexity index is 997. The number of aromatic hydroxyl groups is 1. The number of aromatic nitrogens is 1. The molecule has 2 heterocycles. The number of pyridine rings is 1. The topological polar surface area (TPSA) is 57.8 Å². The van der Waals surface area contributed by atoms with Gasteiger partial charge in [0.25, 0.3) is 0 Å². The zero-order valence-corrected chi connectivity index (χ0v) is 14.0. The molecule has 0 spiro atoms. The molecule has 4 rings (SSSR count). The van der Waals surface area contributed by atoms with Gasteiger partial charge in [-0.1, -0.05) is 29.8 Å². The Hall–Kier alpha value is -2.98. The summed E-state index contributed by atoms with van der Waals surface area (Å²) in [5.41, 5.74) is 4.64. The van der Waals surface area contributed by atoms with Crippen LogP contribution >= 0.6 is 11.6 Å². The number of hydrogen-bond donors (Lipinski definition) is 1. The van der Waals surface area contributed by atoms with E-state index < -0.39 is 0 Å². The fourth-order valence-electron chi connectivity index (χ4n) is 2.78. The Morgan fingerprint density at radius 3 is 2.36 bits per heavy atom. The smallest absolute Gasteiger partial charge is 0.124 e. The van der Waals surface area contributed by atoms with Gasteiger partial charge in [-0.2, -0.15) is 0 Å². The lowest BCUT2D eigenvalue weighted by molar-refractivity contribution is 0.474. The Kier molecular flexibility index (Phi) is 4.04. The number of para-hydroxylation sites is 2. The predicted octanol–water partition coefficient (Wildman–Crippen LogP) is 5.09. The van der Waals surface area contributed by atoms with E-state index in [9.17, 15) is 5.11 Å². The van der Waals surface area contributed by atoms with Gasteiger partial charge < -0.3 is 5.11 Å². The normalized spacial score (nSPS) is 13.5. The summed E-state index contributed by atoms with van der Waals surface area (Å²) in [7, 11) is 0. The predicted molar refractivity (Wildman–Crippen MR) is 101 cm³/mol. The van der Waals surface area contributed by atoms with Crippen molar-refractivity contribution in [3.05, 3.63) is 83.1 Å². The van der Waals surface area contributed by atoms with Gasteiger partial charge in [-0.3, -0.25) is 15.0 Å². The van der Waals surface area contributed by atoms with E-state index in [0.29, 0.717) is 22.7 Å². The summed E-state index contributed by atoms with van der Waals surface area (Å²) < 4.78 is 0. The number of phenols is 1. The molecule has 0 saturated heterocycles. The molecule has 4 nitrogen and oxygen atoms in total. The first kappa shape index (κ1) is 15.5. The Balaban J connectivity index is 1.90. The van der Waals surface area contributed by atoms with Crippen LogP contribution in [0.15, 0.2) is 77.0 Å². The molecule has 0 atom stereocenters. The van der Waals surface area contributed by atoms with E-state index in [1.54, 1.807) is 30.6 Å². The van der Waals surface area contributed by atoms with Crippen molar-refractivity contribution in [2.45, 2.75) is 6.42 Å². The second-order valence-corrected chi connectivity index (χ2v) is 6.12. The fraction of sp³-hybridized carbons (Fsp3) is 0.0500. The van der Waals surface area contributed by atoms with Gasteiger partial charge in [-0.05, 0) is 36.4 Å². The van der Waals surface area contributed by atoms with Crippen LogP contribution in [0, 0.1) is 0 Å². The SMILES string of the molecule is Oc1ccc(Cl)cc1C1=Nc2ccccc2N=C(c2cccnc2)C1. The second kappa shape index (κ2) is 6.49. The molecule has 0 unspecified atom stereocenters. The monoisotopic (exact) mass is 347 g/mol. The van der Waals surface area contributed by atoms with Gasteiger partial charge in [0, 0.05) is 35.0 Å². The van der Waals surface area contributed by atoms with Crippen LogP contribution in [0.3, 0.4) is 0 Å². The molecule has 3 aromatic rings. The number of hydrogen-bond acceptors (Lipinski definition) is 4. The molecular formula is C20H14ClN3O. The van der Waals surface area contributed by atoms with E-state index in [1.807, 2.05) is 36.4 Å². The van der Waals surface area contributed by atoms with Crippen LogP contribution in [-0.2, 0) is 0 Å². The van der Waals surface area contributed by atoms with Gasteiger partial charge in [0.05, 0.1) is 22.8 Å². The molecule has 0 saturated carbocycles. The average molecular weight is 348 g/mol. The van der Waals surface area contributed by atoms with Gasteiger partial charge in [0.2, 0.25) is 0 Å². The first-order chi connectivity index (χ1) is 12.2. The standard InChI is InChI=1S/C20H14ClN3O/c21-14-7-8-20(25)15(10-14)19-11-18(13-4-3-9-22-12-13)23-16-5-1-2-6-17(16)24-19/h1-10,12,25H,11H2. The van der Waals surface area contributed by atoms with Gasteiger partial charge in [-0.25, -0.2) is 0 Å². The molecule has 1 N–H and O–H groups in total. The number of aliphatic imine (C=N–C) groups is 2. The minimum atomic E-state index is 0.146. The van der Waals surface area contributed by atoms with E-state index in [1.165, 1.54) is 0 Å². The zero-order chi connectivity index (χ0) is 17.2. The summed E-state index contributed by atoms with van der Waals surface area (Å²) >= 11 is 6.12. The number of halogens is 1. The van der Waals surface area contributed by atoms with Crippen LogP contribution in [0.4, 0.5) is 11.4 Å². The maximum absolute atomic E-state index is 10.3. The number of rotatable bonds is 2. The highest BCUT2D eigenvalue weighted by molar-refractivity contribution is 6.31. The lowest BCUT2D eigenvalue weighted by atomic mass is 10.0. The van der Waals surface area contributed by atoms with Crippen molar-refractivity contribution in [1.29, 1.82) is 0 Å². The van der Waals surface area contributed by atoms with E-state index >= 15 is 0 Å². The summed E-state index contributed by atoms with van der Waals surface area (Å²) in [6.45, 7) is 0. The molecule has 25 heavy (non-hydrogen) atoms. The molecule has 1 aliphatic heterocycles. The zero-order valence-electron chi connectivity index (χ0n) is 13.2. The van der Waals surface area contributed by atoms with Crippen LogP contribution in [0.5, 0.6) is 5.75 Å². The molecule has 2 aromatic carbocycles. The number of fused-ring (bicyclic) bond motifs is 1. The molecule has 0 amide bonds. The fourth-order valence-corrected chi connectivity index (χ4v) is 2.95. The Morgan fingerprint density at radius 1 is 0.880 bits per heavy atom. The molecular weight excluding hydrogens is 334 g/mol. The van der Waals surface area contributed by atoms with Crippen molar-refractivity contribution in [3.8, 4) is 5.75 Å². The Morgan fingerprint density at radius 2 is 1.64 bits per heavy atom. The highest BCUT2D eigenvalue weighted by Gasteiger charge is 2.18. The maximum Gasteiger partial charge on any atom is 0.124 e. The molecule has 0 radical (unpaired) electrons. The first-order valence-corrected chi connectivity index (χ1v) is 8.22. The molecule has 122 valence electrons. The highest BCUT2D eigenvalue weighted by atomic mass is 35.5. The largest absolute Gasteiger partial charge is 0.507 e. The van der Waals surface area contributed by atoms with Crippen LogP contribution in [0.25, 0.3) is 0 Å². The van der Waals surface area contributed by atoms with Crippen molar-refractivity contribution < 1.29 is 5.11 Å². The number of phenolic OH excluding ortho intramolecular Hbond substituents is 1. The molecule has 1 aromatic heterocycles. The van der Waals surface area contributed by atoms with Gasteiger partial charge in [0.1, 0.15) is 5.75 Å². The first-order valence-electron chi connectivity index (χ1n) is 7.84. The molecule has 5 heteroatoms. The summed E-state index contributed by atoms with van der Waals surface area (Å²) in [6.07, 6.45) is 3.98.